The SMILES string of the molecule is CCCNC(=O)C1CCCN(c2nc3ncn(CC(=O)Nc4cc(C)on4)c(=O)c3s2)C1. The van der Waals surface area contributed by atoms with Crippen LogP contribution >= 0.6 is 11.3 Å². The van der Waals surface area contributed by atoms with E-state index in [1.54, 1.807) is 13.0 Å². The molecule has 1 fully saturated rings. The summed E-state index contributed by atoms with van der Waals surface area (Å²) in [4.78, 5) is 48.3. The van der Waals surface area contributed by atoms with Gasteiger partial charge in [-0.05, 0) is 26.2 Å². The largest absolute Gasteiger partial charge is 0.360 e. The summed E-state index contributed by atoms with van der Waals surface area (Å²) in [6, 6.07) is 1.59. The molecular formula is C20H25N7O4S. The fourth-order valence-electron chi connectivity index (χ4n) is 3.60. The average Bonchev–Trinajstić information content (AvgIpc) is 3.40. The summed E-state index contributed by atoms with van der Waals surface area (Å²) in [5.74, 6) is 0.406. The van der Waals surface area contributed by atoms with Gasteiger partial charge in [0.05, 0.1) is 5.92 Å². The van der Waals surface area contributed by atoms with Crippen LogP contribution in [-0.2, 0) is 16.1 Å². The highest BCUT2D eigenvalue weighted by Gasteiger charge is 2.27. The van der Waals surface area contributed by atoms with Crippen LogP contribution in [0.2, 0.25) is 0 Å². The first-order valence-corrected chi connectivity index (χ1v) is 11.4. The number of rotatable bonds is 7. The van der Waals surface area contributed by atoms with Crippen molar-refractivity contribution >= 4 is 44.4 Å². The van der Waals surface area contributed by atoms with Crippen molar-refractivity contribution in [2.75, 3.05) is 29.9 Å². The number of amides is 2. The van der Waals surface area contributed by atoms with Crippen LogP contribution in [0, 0.1) is 12.8 Å². The molecular weight excluding hydrogens is 434 g/mol. The highest BCUT2D eigenvalue weighted by atomic mass is 32.1. The molecule has 11 nitrogen and oxygen atoms in total. The van der Waals surface area contributed by atoms with Crippen LogP contribution in [-0.4, -0.2) is 51.1 Å². The van der Waals surface area contributed by atoms with E-state index in [4.69, 9.17) is 4.52 Å². The molecule has 0 aliphatic carbocycles. The number of nitrogens with zero attached hydrogens (tertiary/aromatic N) is 5. The molecule has 0 bridgehead atoms. The number of hydrogen-bond donors (Lipinski definition) is 2. The fraction of sp³-hybridized carbons (Fsp3) is 0.500. The Balaban J connectivity index is 1.48. The highest BCUT2D eigenvalue weighted by Crippen LogP contribution is 2.29. The van der Waals surface area contributed by atoms with Crippen LogP contribution in [0.4, 0.5) is 10.9 Å². The molecule has 170 valence electrons. The lowest BCUT2D eigenvalue weighted by atomic mass is 9.97. The summed E-state index contributed by atoms with van der Waals surface area (Å²) in [6.07, 6.45) is 3.93. The summed E-state index contributed by atoms with van der Waals surface area (Å²) in [7, 11) is 0. The lowest BCUT2D eigenvalue weighted by Crippen LogP contribution is -2.43. The Kier molecular flexibility index (Phi) is 6.49. The zero-order chi connectivity index (χ0) is 22.7. The van der Waals surface area contributed by atoms with Crippen LogP contribution in [0.5, 0.6) is 0 Å². The fourth-order valence-corrected chi connectivity index (χ4v) is 4.61. The summed E-state index contributed by atoms with van der Waals surface area (Å²) in [5, 5.41) is 9.91. The molecule has 1 unspecified atom stereocenters. The van der Waals surface area contributed by atoms with E-state index in [2.05, 4.69) is 25.8 Å². The summed E-state index contributed by atoms with van der Waals surface area (Å²) in [5.41, 5.74) is 0.0100. The van der Waals surface area contributed by atoms with Crippen LogP contribution in [0.15, 0.2) is 21.7 Å². The number of nitrogens with one attached hydrogen (secondary N) is 2. The average molecular weight is 460 g/mol. The second-order valence-electron chi connectivity index (χ2n) is 7.77. The van der Waals surface area contributed by atoms with Crippen LogP contribution in [0.25, 0.3) is 10.3 Å². The van der Waals surface area contributed by atoms with Gasteiger partial charge in [0.25, 0.3) is 5.56 Å². The standard InChI is InChI=1S/C20H25N7O4S/c1-3-6-21-18(29)13-5-4-7-26(9-13)20-24-17-16(32-20)19(30)27(11-22-17)10-15(28)23-14-8-12(2)31-25-14/h8,11,13H,3-7,9-10H2,1-2H3,(H,21,29)(H,23,25,28). The van der Waals surface area contributed by atoms with Crippen molar-refractivity contribution in [2.45, 2.75) is 39.7 Å². The number of anilines is 2. The lowest BCUT2D eigenvalue weighted by molar-refractivity contribution is -0.125. The Morgan fingerprint density at radius 1 is 1.38 bits per heavy atom. The molecule has 4 rings (SSSR count). The van der Waals surface area contributed by atoms with Crippen molar-refractivity contribution in [3.8, 4) is 0 Å². The van der Waals surface area contributed by atoms with Crippen molar-refractivity contribution in [3.05, 3.63) is 28.5 Å². The van der Waals surface area contributed by atoms with Gasteiger partial charge in [-0.25, -0.2) is 4.98 Å². The van der Waals surface area contributed by atoms with Gasteiger partial charge < -0.3 is 20.1 Å². The lowest BCUT2D eigenvalue weighted by Gasteiger charge is -2.31. The second-order valence-corrected chi connectivity index (χ2v) is 8.75. The van der Waals surface area contributed by atoms with Gasteiger partial charge >= 0.3 is 0 Å². The van der Waals surface area contributed by atoms with Crippen molar-refractivity contribution < 1.29 is 14.1 Å². The van der Waals surface area contributed by atoms with Crippen LogP contribution in [0.3, 0.4) is 0 Å². The molecule has 0 aromatic carbocycles. The quantitative estimate of drug-likeness (QED) is 0.543. The Labute approximate surface area is 187 Å². The first-order chi connectivity index (χ1) is 15.4. The van der Waals surface area contributed by atoms with Gasteiger partial charge in [-0.2, -0.15) is 4.98 Å². The number of carbonyl (C=O) groups is 2. The second kappa shape index (κ2) is 9.47. The smallest absolute Gasteiger partial charge is 0.273 e. The molecule has 3 aromatic heterocycles. The predicted octanol–water partition coefficient (Wildman–Crippen LogP) is 1.53. The number of aromatic nitrogens is 4. The van der Waals surface area contributed by atoms with Crippen molar-refractivity contribution in [1.82, 2.24) is 25.0 Å². The van der Waals surface area contributed by atoms with Gasteiger partial charge in [-0.1, -0.05) is 23.4 Å². The van der Waals surface area contributed by atoms with Crippen molar-refractivity contribution in [2.24, 2.45) is 5.92 Å². The molecule has 1 atom stereocenters. The van der Waals surface area contributed by atoms with Gasteiger partial charge in [0, 0.05) is 25.7 Å². The van der Waals surface area contributed by atoms with Crippen molar-refractivity contribution in [3.63, 3.8) is 0 Å². The Morgan fingerprint density at radius 2 is 2.22 bits per heavy atom. The van der Waals surface area contributed by atoms with E-state index in [0.717, 1.165) is 25.8 Å². The third kappa shape index (κ3) is 4.79. The number of hydrogen-bond acceptors (Lipinski definition) is 9. The van der Waals surface area contributed by atoms with E-state index >= 15 is 0 Å². The first-order valence-electron chi connectivity index (χ1n) is 10.6. The molecule has 1 aliphatic heterocycles. The molecule has 4 heterocycles. The van der Waals surface area contributed by atoms with Gasteiger partial charge in [-0.3, -0.25) is 19.0 Å². The molecule has 32 heavy (non-hydrogen) atoms. The minimum absolute atomic E-state index is 0.0615. The number of thiazole rings is 1. The number of aryl methyl sites for hydroxylation is 1. The maximum absolute atomic E-state index is 12.9. The van der Waals surface area contributed by atoms with Crippen LogP contribution < -0.4 is 21.1 Å². The van der Waals surface area contributed by atoms with Gasteiger partial charge in [0.15, 0.2) is 16.6 Å². The summed E-state index contributed by atoms with van der Waals surface area (Å²) in [6.45, 7) is 5.53. The molecule has 0 spiro atoms. The predicted molar refractivity (Wildman–Crippen MR) is 120 cm³/mol. The van der Waals surface area contributed by atoms with E-state index in [1.807, 2.05) is 11.8 Å². The minimum Gasteiger partial charge on any atom is -0.360 e. The van der Waals surface area contributed by atoms with Crippen LogP contribution in [0.1, 0.15) is 31.9 Å². The molecule has 0 radical (unpaired) electrons. The Bertz CT molecular complexity index is 1180. The van der Waals surface area contributed by atoms with E-state index in [9.17, 15) is 14.4 Å². The molecule has 0 saturated carbocycles. The molecule has 2 N–H and O–H groups in total. The Morgan fingerprint density at radius 3 is 2.97 bits per heavy atom. The van der Waals surface area contributed by atoms with Gasteiger partial charge in [0.2, 0.25) is 11.8 Å². The minimum atomic E-state index is -0.414. The topological polar surface area (TPSA) is 135 Å². The summed E-state index contributed by atoms with van der Waals surface area (Å²) < 4.78 is 6.54. The summed E-state index contributed by atoms with van der Waals surface area (Å²) >= 11 is 1.24. The van der Waals surface area contributed by atoms with Crippen molar-refractivity contribution in [1.29, 1.82) is 0 Å². The maximum Gasteiger partial charge on any atom is 0.273 e. The first kappa shape index (κ1) is 21.9. The number of piperidine rings is 1. The normalized spacial score (nSPS) is 16.3. The highest BCUT2D eigenvalue weighted by molar-refractivity contribution is 7.22. The Hall–Kier alpha value is -3.28. The maximum atomic E-state index is 12.9. The molecule has 2 amide bonds. The molecule has 1 saturated heterocycles. The van der Waals surface area contributed by atoms with Gasteiger partial charge in [0.1, 0.15) is 23.3 Å². The molecule has 1 aliphatic rings. The molecule has 3 aromatic rings. The zero-order valence-electron chi connectivity index (χ0n) is 18.0. The molecule has 12 heteroatoms. The van der Waals surface area contributed by atoms with E-state index < -0.39 is 5.91 Å². The van der Waals surface area contributed by atoms with E-state index in [-0.39, 0.29) is 29.7 Å². The van der Waals surface area contributed by atoms with E-state index in [0.29, 0.717) is 34.3 Å². The third-order valence-electron chi connectivity index (χ3n) is 5.19. The third-order valence-corrected chi connectivity index (χ3v) is 6.29. The number of fused-ring (bicyclic) bond motifs is 1. The monoisotopic (exact) mass is 459 g/mol. The van der Waals surface area contributed by atoms with E-state index in [1.165, 1.54) is 22.2 Å². The van der Waals surface area contributed by atoms with Gasteiger partial charge in [-0.15, -0.1) is 0 Å². The zero-order valence-corrected chi connectivity index (χ0v) is 18.8. The number of carbonyl (C=O) groups excluding carboxylic acids is 2.